The van der Waals surface area contributed by atoms with Crippen molar-refractivity contribution in [2.24, 2.45) is 5.92 Å². The molecular formula is C28H25N3O2S. The molecule has 1 fully saturated rings. The molecule has 1 N–H and O–H groups in total. The monoisotopic (exact) mass is 467 g/mol. The third-order valence-electron chi connectivity index (χ3n) is 6.02. The quantitative estimate of drug-likeness (QED) is 0.409. The highest BCUT2D eigenvalue weighted by atomic mass is 32.1. The van der Waals surface area contributed by atoms with E-state index in [9.17, 15) is 9.59 Å². The van der Waals surface area contributed by atoms with E-state index in [-0.39, 0.29) is 24.2 Å². The molecule has 5 nitrogen and oxygen atoms in total. The zero-order valence-corrected chi connectivity index (χ0v) is 19.5. The van der Waals surface area contributed by atoms with Gasteiger partial charge in [0.25, 0.3) is 0 Å². The highest BCUT2D eigenvalue weighted by Gasteiger charge is 2.34. The molecule has 0 spiro atoms. The summed E-state index contributed by atoms with van der Waals surface area (Å²) < 4.78 is 0. The first-order chi connectivity index (χ1) is 16.7. The maximum atomic E-state index is 12.8. The lowest BCUT2D eigenvalue weighted by Crippen LogP contribution is -2.32. The van der Waals surface area contributed by atoms with Crippen molar-refractivity contribution < 1.29 is 9.59 Å². The number of hydrogen-bond donors (Lipinski definition) is 1. The third kappa shape index (κ3) is 5.07. The Kier molecular flexibility index (Phi) is 6.49. The highest BCUT2D eigenvalue weighted by Crippen LogP contribution is 2.29. The van der Waals surface area contributed by atoms with Crippen molar-refractivity contribution in [2.45, 2.75) is 19.5 Å². The molecule has 4 aromatic rings. The Morgan fingerprint density at radius 3 is 2.44 bits per heavy atom. The van der Waals surface area contributed by atoms with E-state index in [2.05, 4.69) is 28.9 Å². The van der Waals surface area contributed by atoms with Gasteiger partial charge in [-0.1, -0.05) is 78.9 Å². The van der Waals surface area contributed by atoms with Crippen molar-refractivity contribution in [1.29, 1.82) is 0 Å². The molecule has 0 aliphatic carbocycles. The molecule has 1 aliphatic heterocycles. The van der Waals surface area contributed by atoms with Crippen molar-refractivity contribution >= 4 is 23.2 Å². The van der Waals surface area contributed by atoms with Crippen molar-refractivity contribution in [1.82, 2.24) is 15.2 Å². The number of rotatable bonds is 7. The predicted octanol–water partition coefficient (Wildman–Crippen LogP) is 5.14. The first-order valence-electron chi connectivity index (χ1n) is 11.4. The zero-order chi connectivity index (χ0) is 23.3. The van der Waals surface area contributed by atoms with E-state index in [0.29, 0.717) is 19.6 Å². The van der Waals surface area contributed by atoms with E-state index >= 15 is 0 Å². The maximum absolute atomic E-state index is 12.8. The van der Waals surface area contributed by atoms with Crippen LogP contribution in [0.3, 0.4) is 0 Å². The normalized spacial score (nSPS) is 15.5. The number of thiazole rings is 1. The number of carbonyl (C=O) groups is 2. The summed E-state index contributed by atoms with van der Waals surface area (Å²) in [5.74, 6) is -0.356. The Labute approximate surface area is 203 Å². The molecule has 0 saturated carbocycles. The van der Waals surface area contributed by atoms with Gasteiger partial charge in [-0.15, -0.1) is 11.3 Å². The van der Waals surface area contributed by atoms with Crippen molar-refractivity contribution in [3.8, 4) is 21.8 Å². The van der Waals surface area contributed by atoms with Crippen LogP contribution in [0.15, 0.2) is 90.3 Å². The molecular weight excluding hydrogens is 442 g/mol. The minimum absolute atomic E-state index is 0.0315. The second kappa shape index (κ2) is 10.0. The van der Waals surface area contributed by atoms with Crippen LogP contribution in [0, 0.1) is 5.92 Å². The van der Waals surface area contributed by atoms with Gasteiger partial charge in [0.05, 0.1) is 11.6 Å². The lowest BCUT2D eigenvalue weighted by atomic mass is 10.1. The van der Waals surface area contributed by atoms with Crippen LogP contribution < -0.4 is 5.32 Å². The van der Waals surface area contributed by atoms with Gasteiger partial charge in [0.15, 0.2) is 0 Å². The number of benzene rings is 3. The van der Waals surface area contributed by atoms with Crippen LogP contribution in [0.5, 0.6) is 0 Å². The standard InChI is InChI=1S/C28H25N3O2S/c32-26-15-24(18-31(26)17-20-8-3-1-4-9-20)27(33)29-16-21-10-7-13-23(14-21)28-30-25(19-34-28)22-11-5-2-6-12-22/h1-14,19,24H,15-18H2,(H,29,33). The van der Waals surface area contributed by atoms with Gasteiger partial charge in [-0.05, 0) is 17.2 Å². The lowest BCUT2D eigenvalue weighted by Gasteiger charge is -2.16. The van der Waals surface area contributed by atoms with Crippen molar-refractivity contribution in [3.05, 3.63) is 101 Å². The Bertz CT molecular complexity index is 1290. The molecule has 3 aromatic carbocycles. The summed E-state index contributed by atoms with van der Waals surface area (Å²) in [6.45, 7) is 1.43. The third-order valence-corrected chi connectivity index (χ3v) is 6.91. The summed E-state index contributed by atoms with van der Waals surface area (Å²) in [4.78, 5) is 31.8. The number of carbonyl (C=O) groups excluding carboxylic acids is 2. The van der Waals surface area contributed by atoms with Crippen molar-refractivity contribution in [3.63, 3.8) is 0 Å². The second-order valence-corrected chi connectivity index (χ2v) is 9.34. The van der Waals surface area contributed by atoms with Gasteiger partial charge in [0.2, 0.25) is 11.8 Å². The minimum Gasteiger partial charge on any atom is -0.352 e. The van der Waals surface area contributed by atoms with Crippen LogP contribution in [-0.2, 0) is 22.7 Å². The lowest BCUT2D eigenvalue weighted by molar-refractivity contribution is -0.129. The molecule has 2 amide bonds. The molecule has 0 radical (unpaired) electrons. The van der Waals surface area contributed by atoms with E-state index in [0.717, 1.165) is 33.0 Å². The summed E-state index contributed by atoms with van der Waals surface area (Å²) in [6, 6.07) is 28.1. The second-order valence-electron chi connectivity index (χ2n) is 8.48. The summed E-state index contributed by atoms with van der Waals surface area (Å²) in [5, 5.41) is 6.04. The van der Waals surface area contributed by atoms with E-state index in [1.165, 1.54) is 0 Å². The first kappa shape index (κ1) is 22.0. The number of nitrogens with one attached hydrogen (secondary N) is 1. The number of aromatic nitrogens is 1. The molecule has 1 aliphatic rings. The molecule has 0 bridgehead atoms. The maximum Gasteiger partial charge on any atom is 0.225 e. The Morgan fingerprint density at radius 1 is 0.941 bits per heavy atom. The van der Waals surface area contributed by atoms with Gasteiger partial charge in [-0.2, -0.15) is 0 Å². The summed E-state index contributed by atoms with van der Waals surface area (Å²) in [6.07, 6.45) is 0.264. The summed E-state index contributed by atoms with van der Waals surface area (Å²) in [5.41, 5.74) is 5.18. The molecule has 1 saturated heterocycles. The van der Waals surface area contributed by atoms with E-state index in [4.69, 9.17) is 4.98 Å². The molecule has 2 heterocycles. The van der Waals surface area contributed by atoms with Crippen LogP contribution >= 0.6 is 11.3 Å². The summed E-state index contributed by atoms with van der Waals surface area (Å²) >= 11 is 1.61. The molecule has 170 valence electrons. The van der Waals surface area contributed by atoms with Gasteiger partial charge in [-0.3, -0.25) is 9.59 Å². The smallest absolute Gasteiger partial charge is 0.225 e. The number of likely N-dealkylation sites (tertiary alicyclic amines) is 1. The predicted molar refractivity (Wildman–Crippen MR) is 135 cm³/mol. The zero-order valence-electron chi connectivity index (χ0n) is 18.7. The number of hydrogen-bond acceptors (Lipinski definition) is 4. The van der Waals surface area contributed by atoms with E-state index in [1.807, 2.05) is 66.7 Å². The number of nitrogens with zero attached hydrogens (tertiary/aromatic N) is 2. The average Bonchev–Trinajstić information content (AvgIpc) is 3.52. The molecule has 6 heteroatoms. The van der Waals surface area contributed by atoms with E-state index < -0.39 is 0 Å². The van der Waals surface area contributed by atoms with Crippen LogP contribution in [0.4, 0.5) is 0 Å². The minimum atomic E-state index is -0.313. The van der Waals surface area contributed by atoms with Gasteiger partial charge < -0.3 is 10.2 Å². The van der Waals surface area contributed by atoms with Crippen LogP contribution in [0.1, 0.15) is 17.5 Å². The fourth-order valence-electron chi connectivity index (χ4n) is 4.20. The van der Waals surface area contributed by atoms with Crippen LogP contribution in [-0.4, -0.2) is 28.2 Å². The Balaban J connectivity index is 1.19. The van der Waals surface area contributed by atoms with Gasteiger partial charge in [0.1, 0.15) is 5.01 Å². The Hall–Kier alpha value is -3.77. The fourth-order valence-corrected chi connectivity index (χ4v) is 5.03. The van der Waals surface area contributed by atoms with Crippen LogP contribution in [0.2, 0.25) is 0 Å². The first-order valence-corrected chi connectivity index (χ1v) is 12.2. The molecule has 34 heavy (non-hydrogen) atoms. The fraction of sp³-hybridized carbons (Fsp3) is 0.179. The SMILES string of the molecule is O=C(NCc1cccc(-c2nc(-c3ccccc3)cs2)c1)C1CC(=O)N(Cc2ccccc2)C1. The largest absolute Gasteiger partial charge is 0.352 e. The molecule has 1 aromatic heterocycles. The molecule has 1 unspecified atom stereocenters. The van der Waals surface area contributed by atoms with Gasteiger partial charge in [0, 0.05) is 42.6 Å². The number of amides is 2. The molecule has 1 atom stereocenters. The molecule has 5 rings (SSSR count). The van der Waals surface area contributed by atoms with Crippen LogP contribution in [0.25, 0.3) is 21.8 Å². The van der Waals surface area contributed by atoms with E-state index in [1.54, 1.807) is 16.2 Å². The average molecular weight is 468 g/mol. The topological polar surface area (TPSA) is 62.3 Å². The van der Waals surface area contributed by atoms with Gasteiger partial charge in [-0.25, -0.2) is 4.98 Å². The highest BCUT2D eigenvalue weighted by molar-refractivity contribution is 7.13. The Morgan fingerprint density at radius 2 is 1.65 bits per heavy atom. The van der Waals surface area contributed by atoms with Gasteiger partial charge >= 0.3 is 0 Å². The summed E-state index contributed by atoms with van der Waals surface area (Å²) in [7, 11) is 0. The van der Waals surface area contributed by atoms with Crippen molar-refractivity contribution in [2.75, 3.05) is 6.54 Å².